The Labute approximate surface area is 166 Å². The number of nitrogens with zero attached hydrogens (tertiary/aromatic N) is 3. The largest absolute Gasteiger partial charge is 0.493 e. The molecule has 1 unspecified atom stereocenters. The molecule has 0 spiro atoms. The molecule has 1 aromatic heterocycles. The number of carbonyl (C=O) groups is 1. The van der Waals surface area contributed by atoms with Crippen molar-refractivity contribution in [2.24, 2.45) is 0 Å². The van der Waals surface area contributed by atoms with Crippen LogP contribution >= 0.6 is 11.8 Å². The molecule has 0 saturated carbocycles. The van der Waals surface area contributed by atoms with Gasteiger partial charge in [-0.2, -0.15) is 0 Å². The molecular weight excluding hydrogens is 377 g/mol. The van der Waals surface area contributed by atoms with Gasteiger partial charge in [-0.15, -0.1) is 0 Å². The molecule has 0 amide bonds. The molecule has 0 bridgehead atoms. The molecule has 1 aliphatic rings. The summed E-state index contributed by atoms with van der Waals surface area (Å²) < 4.78 is 21.1. The normalized spacial score (nSPS) is 15.8. The molecule has 2 aromatic carbocycles. The fraction of sp³-hybridized carbons (Fsp3) is 0.143. The van der Waals surface area contributed by atoms with E-state index in [1.54, 1.807) is 23.2 Å². The van der Waals surface area contributed by atoms with Crippen LogP contribution in [0.5, 0.6) is 5.75 Å². The zero-order valence-electron chi connectivity index (χ0n) is 15.4. The zero-order valence-corrected chi connectivity index (χ0v) is 16.2. The minimum atomic E-state index is -0.410. The minimum absolute atomic E-state index is 0.0424. The maximum atomic E-state index is 14.0. The van der Waals surface area contributed by atoms with Crippen molar-refractivity contribution >= 4 is 17.5 Å². The average molecular weight is 395 g/mol. The van der Waals surface area contributed by atoms with Crippen molar-refractivity contribution in [3.8, 4) is 22.6 Å². The third-order valence-electron chi connectivity index (χ3n) is 4.56. The first-order valence-electron chi connectivity index (χ1n) is 8.64. The molecule has 1 atom stereocenters. The summed E-state index contributed by atoms with van der Waals surface area (Å²) in [6.45, 7) is 0. The number of rotatable bonds is 5. The van der Waals surface area contributed by atoms with Crippen LogP contribution in [0.1, 0.15) is 10.5 Å². The van der Waals surface area contributed by atoms with Crippen LogP contribution in [0.15, 0.2) is 66.6 Å². The Morgan fingerprint density at radius 2 is 2.07 bits per heavy atom. The van der Waals surface area contributed by atoms with Gasteiger partial charge in [0.1, 0.15) is 17.4 Å². The first-order valence-corrected chi connectivity index (χ1v) is 9.58. The van der Waals surface area contributed by atoms with E-state index in [-0.39, 0.29) is 16.9 Å². The smallest absolute Gasteiger partial charge is 0.215 e. The van der Waals surface area contributed by atoms with E-state index in [4.69, 9.17) is 4.74 Å². The Bertz CT molecular complexity index is 1060. The maximum absolute atomic E-state index is 14.0. The molecule has 142 valence electrons. The first-order chi connectivity index (χ1) is 13.6. The van der Waals surface area contributed by atoms with Gasteiger partial charge < -0.3 is 14.2 Å². The van der Waals surface area contributed by atoms with Crippen molar-refractivity contribution in [3.05, 3.63) is 78.1 Å². The summed E-state index contributed by atoms with van der Waals surface area (Å²) in [6.07, 6.45) is 5.21. The van der Waals surface area contributed by atoms with Crippen molar-refractivity contribution < 1.29 is 13.9 Å². The molecule has 3 aromatic rings. The zero-order chi connectivity index (χ0) is 19.7. The quantitative estimate of drug-likeness (QED) is 0.601. The van der Waals surface area contributed by atoms with Crippen molar-refractivity contribution in [1.29, 1.82) is 0 Å². The molecule has 0 fully saturated rings. The van der Waals surface area contributed by atoms with E-state index in [2.05, 4.69) is 4.98 Å². The number of para-hydroxylation sites is 1. The van der Waals surface area contributed by atoms with Crippen molar-refractivity contribution in [2.75, 3.05) is 14.2 Å². The number of carbonyl (C=O) groups excluding carboxylic acids is 1. The highest BCUT2D eigenvalue weighted by molar-refractivity contribution is 8.03. The predicted octanol–water partition coefficient (Wildman–Crippen LogP) is 4.35. The fourth-order valence-electron chi connectivity index (χ4n) is 3.12. The molecule has 5 nitrogen and oxygen atoms in total. The third-order valence-corrected chi connectivity index (χ3v) is 5.64. The van der Waals surface area contributed by atoms with E-state index in [9.17, 15) is 9.18 Å². The molecule has 0 aliphatic carbocycles. The number of likely N-dealkylation sites (N-methyl/N-ethyl adjacent to an activating group) is 1. The maximum Gasteiger partial charge on any atom is 0.215 e. The van der Waals surface area contributed by atoms with Crippen LogP contribution in [0.25, 0.3) is 16.8 Å². The number of methoxy groups -OCH3 is 1. The van der Waals surface area contributed by atoms with Gasteiger partial charge in [0.2, 0.25) is 5.78 Å². The molecule has 7 heteroatoms. The Balaban J connectivity index is 1.65. The van der Waals surface area contributed by atoms with Crippen LogP contribution in [-0.2, 0) is 0 Å². The van der Waals surface area contributed by atoms with Gasteiger partial charge in [0.15, 0.2) is 11.6 Å². The molecular formula is C21H18FN3O2S. The number of hydrogen-bond donors (Lipinski definition) is 0. The van der Waals surface area contributed by atoms with E-state index in [1.807, 2.05) is 53.9 Å². The van der Waals surface area contributed by atoms with Crippen LogP contribution in [0.2, 0.25) is 0 Å². The topological polar surface area (TPSA) is 47.4 Å². The molecule has 1 aliphatic heterocycles. The molecule has 28 heavy (non-hydrogen) atoms. The first kappa shape index (κ1) is 18.3. The molecule has 0 radical (unpaired) electrons. The average Bonchev–Trinajstić information content (AvgIpc) is 3.37. The van der Waals surface area contributed by atoms with E-state index in [0.29, 0.717) is 11.3 Å². The minimum Gasteiger partial charge on any atom is -0.493 e. The lowest BCUT2D eigenvalue weighted by Gasteiger charge is -2.16. The van der Waals surface area contributed by atoms with Crippen LogP contribution < -0.4 is 4.74 Å². The van der Waals surface area contributed by atoms with Gasteiger partial charge >= 0.3 is 0 Å². The monoisotopic (exact) mass is 395 g/mol. The second kappa shape index (κ2) is 7.52. The molecule has 4 rings (SSSR count). The number of ketones is 1. The Morgan fingerprint density at radius 3 is 2.82 bits per heavy atom. The summed E-state index contributed by atoms with van der Waals surface area (Å²) in [6, 6.07) is 12.4. The van der Waals surface area contributed by atoms with Crippen LogP contribution in [0.4, 0.5) is 4.39 Å². The van der Waals surface area contributed by atoms with Crippen molar-refractivity contribution in [3.63, 3.8) is 0 Å². The highest BCUT2D eigenvalue weighted by atomic mass is 32.2. The molecule has 0 N–H and O–H groups in total. The van der Waals surface area contributed by atoms with Gasteiger partial charge in [-0.05, 0) is 29.2 Å². The second-order valence-corrected chi connectivity index (χ2v) is 7.33. The van der Waals surface area contributed by atoms with Crippen LogP contribution in [0.3, 0.4) is 0 Å². The highest BCUT2D eigenvalue weighted by Crippen LogP contribution is 2.33. The Kier molecular flexibility index (Phi) is 4.92. The number of imidazole rings is 1. The lowest BCUT2D eigenvalue weighted by atomic mass is 10.0. The second-order valence-electron chi connectivity index (χ2n) is 6.34. The summed E-state index contributed by atoms with van der Waals surface area (Å²) in [5.74, 6) is -0.248. The number of Topliss-reactive ketones (excluding diaryl/α,β-unsaturated/α-hetero) is 1. The number of ether oxygens (including phenoxy) is 1. The SMILES string of the molecule is COc1c(F)cccc1-c1cccc(-n2cnc(C(=O)C3SC=CN3C)c2)c1. The van der Waals surface area contributed by atoms with E-state index < -0.39 is 5.82 Å². The standard InChI is InChI=1S/C21H18FN3O2S/c1-24-9-10-28-21(24)19(26)18-12-25(13-23-18)15-6-3-5-14(11-15)16-7-4-8-17(22)20(16)27-2/h3-13,21H,1-2H3. The van der Waals surface area contributed by atoms with E-state index in [1.165, 1.54) is 24.9 Å². The Morgan fingerprint density at radius 1 is 1.25 bits per heavy atom. The van der Waals surface area contributed by atoms with Gasteiger partial charge in [0.25, 0.3) is 0 Å². The summed E-state index contributed by atoms with van der Waals surface area (Å²) in [5, 5.41) is 1.61. The van der Waals surface area contributed by atoms with Gasteiger partial charge in [0.05, 0.1) is 7.11 Å². The summed E-state index contributed by atoms with van der Waals surface area (Å²) in [7, 11) is 3.32. The van der Waals surface area contributed by atoms with Gasteiger partial charge in [-0.1, -0.05) is 36.0 Å². The fourth-order valence-corrected chi connectivity index (χ4v) is 4.04. The highest BCUT2D eigenvalue weighted by Gasteiger charge is 2.27. The molecule has 0 saturated heterocycles. The number of thioether (sulfide) groups is 1. The number of hydrogen-bond acceptors (Lipinski definition) is 5. The van der Waals surface area contributed by atoms with Crippen LogP contribution in [0, 0.1) is 5.82 Å². The molecule has 2 heterocycles. The van der Waals surface area contributed by atoms with Gasteiger partial charge in [0, 0.05) is 30.7 Å². The lowest BCUT2D eigenvalue weighted by molar-refractivity contribution is 0.0944. The predicted molar refractivity (Wildman–Crippen MR) is 108 cm³/mol. The van der Waals surface area contributed by atoms with Gasteiger partial charge in [-0.25, -0.2) is 9.37 Å². The van der Waals surface area contributed by atoms with Crippen molar-refractivity contribution in [1.82, 2.24) is 14.5 Å². The number of benzene rings is 2. The van der Waals surface area contributed by atoms with Gasteiger partial charge in [-0.3, -0.25) is 4.79 Å². The Hall–Kier alpha value is -3.06. The van der Waals surface area contributed by atoms with E-state index >= 15 is 0 Å². The summed E-state index contributed by atoms with van der Waals surface area (Å²) >= 11 is 1.46. The summed E-state index contributed by atoms with van der Waals surface area (Å²) in [5.41, 5.74) is 2.70. The summed E-state index contributed by atoms with van der Waals surface area (Å²) in [4.78, 5) is 18.8. The number of aromatic nitrogens is 2. The number of halogens is 1. The van der Waals surface area contributed by atoms with E-state index in [0.717, 1.165) is 11.3 Å². The lowest BCUT2D eigenvalue weighted by Crippen LogP contribution is -2.29. The van der Waals surface area contributed by atoms with Crippen LogP contribution in [-0.4, -0.2) is 39.8 Å². The van der Waals surface area contributed by atoms with Crippen molar-refractivity contribution in [2.45, 2.75) is 5.37 Å². The third kappa shape index (κ3) is 3.29.